The molecule has 8 heteroatoms. The lowest BCUT2D eigenvalue weighted by atomic mass is 9.96. The Kier molecular flexibility index (Phi) is 7.84. The quantitative estimate of drug-likeness (QED) is 0.665. The van der Waals surface area contributed by atoms with Gasteiger partial charge in [0, 0.05) is 36.9 Å². The monoisotopic (exact) mass is 430 g/mol. The molecule has 2 heterocycles. The van der Waals surface area contributed by atoms with E-state index in [2.05, 4.69) is 5.32 Å². The predicted molar refractivity (Wildman–Crippen MR) is 114 cm³/mol. The summed E-state index contributed by atoms with van der Waals surface area (Å²) in [6.45, 7) is 1.71. The van der Waals surface area contributed by atoms with Gasteiger partial charge in [-0.25, -0.2) is 4.79 Å². The van der Waals surface area contributed by atoms with E-state index in [1.807, 2.05) is 35.7 Å². The summed E-state index contributed by atoms with van der Waals surface area (Å²) in [7, 11) is 0. The SMILES string of the molecule is O=C(O)CC(CC(=O)NCC1CCN(C(=O)Oc2ccccc2)CC1)c1cccs1. The van der Waals surface area contributed by atoms with Crippen LogP contribution in [0.1, 0.15) is 36.5 Å². The van der Waals surface area contributed by atoms with Crippen LogP contribution in [0.25, 0.3) is 0 Å². The molecule has 1 aliphatic rings. The highest BCUT2D eigenvalue weighted by Gasteiger charge is 2.25. The van der Waals surface area contributed by atoms with E-state index >= 15 is 0 Å². The van der Waals surface area contributed by atoms with E-state index in [4.69, 9.17) is 9.84 Å². The highest BCUT2D eigenvalue weighted by molar-refractivity contribution is 7.10. The third-order valence-corrected chi connectivity index (χ3v) is 6.24. The number of para-hydroxylation sites is 1. The van der Waals surface area contributed by atoms with Crippen molar-refractivity contribution in [2.24, 2.45) is 5.92 Å². The first-order valence-corrected chi connectivity index (χ1v) is 10.9. The van der Waals surface area contributed by atoms with Crippen molar-refractivity contribution in [1.29, 1.82) is 0 Å². The number of hydrogen-bond donors (Lipinski definition) is 2. The van der Waals surface area contributed by atoms with Crippen molar-refractivity contribution in [3.8, 4) is 5.75 Å². The molecule has 160 valence electrons. The number of nitrogens with zero attached hydrogens (tertiary/aromatic N) is 1. The van der Waals surface area contributed by atoms with Crippen LogP contribution in [0.15, 0.2) is 47.8 Å². The van der Waals surface area contributed by atoms with Gasteiger partial charge in [-0.2, -0.15) is 0 Å². The Balaban J connectivity index is 1.40. The van der Waals surface area contributed by atoms with Gasteiger partial charge in [-0.15, -0.1) is 11.3 Å². The summed E-state index contributed by atoms with van der Waals surface area (Å²) in [6.07, 6.45) is 1.32. The second kappa shape index (κ2) is 10.8. The van der Waals surface area contributed by atoms with Crippen LogP contribution in [0.3, 0.4) is 0 Å². The fourth-order valence-electron chi connectivity index (χ4n) is 3.54. The van der Waals surface area contributed by atoms with Crippen molar-refractivity contribution in [3.05, 3.63) is 52.7 Å². The molecule has 1 aromatic heterocycles. The highest BCUT2D eigenvalue weighted by atomic mass is 32.1. The van der Waals surface area contributed by atoms with E-state index in [-0.39, 0.29) is 36.7 Å². The molecule has 1 fully saturated rings. The molecule has 0 aliphatic carbocycles. The van der Waals surface area contributed by atoms with Gasteiger partial charge in [0.2, 0.25) is 5.91 Å². The van der Waals surface area contributed by atoms with Crippen molar-refractivity contribution in [1.82, 2.24) is 10.2 Å². The van der Waals surface area contributed by atoms with Crippen molar-refractivity contribution < 1.29 is 24.2 Å². The van der Waals surface area contributed by atoms with Crippen LogP contribution in [0.2, 0.25) is 0 Å². The van der Waals surface area contributed by atoms with Crippen LogP contribution >= 0.6 is 11.3 Å². The van der Waals surface area contributed by atoms with Crippen LogP contribution in [0.4, 0.5) is 4.79 Å². The Hall–Kier alpha value is -2.87. The second-order valence-electron chi connectivity index (χ2n) is 7.43. The number of ether oxygens (including phenoxy) is 1. The fourth-order valence-corrected chi connectivity index (χ4v) is 4.37. The van der Waals surface area contributed by atoms with E-state index in [0.717, 1.165) is 17.7 Å². The van der Waals surface area contributed by atoms with Crippen molar-refractivity contribution in [2.75, 3.05) is 19.6 Å². The number of carbonyl (C=O) groups excluding carboxylic acids is 2. The van der Waals surface area contributed by atoms with Crippen LogP contribution < -0.4 is 10.1 Å². The average Bonchev–Trinajstić information content (AvgIpc) is 3.27. The lowest BCUT2D eigenvalue weighted by Gasteiger charge is -2.31. The molecule has 1 atom stereocenters. The Morgan fingerprint density at radius 2 is 1.83 bits per heavy atom. The second-order valence-corrected chi connectivity index (χ2v) is 8.41. The van der Waals surface area contributed by atoms with Gasteiger partial charge in [-0.1, -0.05) is 24.3 Å². The zero-order valence-electron chi connectivity index (χ0n) is 16.7. The fraction of sp³-hybridized carbons (Fsp3) is 0.409. The standard InChI is InChI=1S/C22H26N2O5S/c25-20(13-17(14-21(26)27)19-7-4-12-30-19)23-15-16-8-10-24(11-9-16)22(28)29-18-5-2-1-3-6-18/h1-7,12,16-17H,8-11,13-15H2,(H,23,25)(H,26,27). The Morgan fingerprint density at radius 3 is 2.47 bits per heavy atom. The minimum absolute atomic E-state index is 0.0597. The first-order valence-electron chi connectivity index (χ1n) is 10.0. The highest BCUT2D eigenvalue weighted by Crippen LogP contribution is 2.27. The minimum atomic E-state index is -0.907. The molecule has 1 saturated heterocycles. The summed E-state index contributed by atoms with van der Waals surface area (Å²) in [4.78, 5) is 38.3. The topological polar surface area (TPSA) is 95.9 Å². The molecule has 3 rings (SSSR count). The zero-order valence-corrected chi connectivity index (χ0v) is 17.5. The molecule has 2 N–H and O–H groups in total. The average molecular weight is 431 g/mol. The lowest BCUT2D eigenvalue weighted by Crippen LogP contribution is -2.42. The minimum Gasteiger partial charge on any atom is -0.481 e. The molecule has 0 radical (unpaired) electrons. The Morgan fingerprint density at radius 1 is 1.10 bits per heavy atom. The number of aliphatic carboxylic acids is 1. The first-order chi connectivity index (χ1) is 14.5. The molecule has 30 heavy (non-hydrogen) atoms. The number of nitrogens with one attached hydrogen (secondary N) is 1. The van der Waals surface area contributed by atoms with Crippen LogP contribution in [0.5, 0.6) is 5.75 Å². The molecule has 7 nitrogen and oxygen atoms in total. The number of amides is 2. The third kappa shape index (κ3) is 6.59. The molecule has 1 aromatic carbocycles. The molecule has 0 bridgehead atoms. The molecular formula is C22H26N2O5S. The number of piperidine rings is 1. The molecule has 0 spiro atoms. The van der Waals surface area contributed by atoms with Gasteiger partial charge >= 0.3 is 12.1 Å². The van der Waals surface area contributed by atoms with Crippen LogP contribution in [-0.2, 0) is 9.59 Å². The number of thiophene rings is 1. The number of benzene rings is 1. The van der Waals surface area contributed by atoms with Crippen molar-refractivity contribution in [3.63, 3.8) is 0 Å². The summed E-state index contributed by atoms with van der Waals surface area (Å²) in [6, 6.07) is 12.7. The number of carboxylic acids is 1. The van der Waals surface area contributed by atoms with Crippen LogP contribution in [-0.4, -0.2) is 47.6 Å². The number of carboxylic acid groups (broad SMARTS) is 1. The largest absolute Gasteiger partial charge is 0.481 e. The van der Waals surface area contributed by atoms with Gasteiger partial charge in [0.25, 0.3) is 0 Å². The molecule has 0 saturated carbocycles. The summed E-state index contributed by atoms with van der Waals surface area (Å²) in [5.41, 5.74) is 0. The van der Waals surface area contributed by atoms with Gasteiger partial charge < -0.3 is 20.1 Å². The maximum atomic E-state index is 12.4. The van der Waals surface area contributed by atoms with Crippen molar-refractivity contribution >= 4 is 29.3 Å². The molecule has 1 unspecified atom stereocenters. The summed E-state index contributed by atoms with van der Waals surface area (Å²) < 4.78 is 5.37. The molecule has 1 aliphatic heterocycles. The number of hydrogen-bond acceptors (Lipinski definition) is 5. The van der Waals surface area contributed by atoms with Gasteiger partial charge in [0.15, 0.2) is 0 Å². The number of rotatable bonds is 8. The van der Waals surface area contributed by atoms with E-state index < -0.39 is 5.97 Å². The Bertz CT molecular complexity index is 832. The number of likely N-dealkylation sites (tertiary alicyclic amines) is 1. The smallest absolute Gasteiger partial charge is 0.415 e. The third-order valence-electron chi connectivity index (χ3n) is 5.21. The summed E-state index contributed by atoms with van der Waals surface area (Å²) in [5.74, 6) is -0.540. The molecular weight excluding hydrogens is 404 g/mol. The van der Waals surface area contributed by atoms with E-state index in [9.17, 15) is 14.4 Å². The van der Waals surface area contributed by atoms with E-state index in [1.54, 1.807) is 17.0 Å². The summed E-state index contributed by atoms with van der Waals surface area (Å²) >= 11 is 1.47. The Labute approximate surface area is 179 Å². The maximum absolute atomic E-state index is 12.4. The normalized spacial score (nSPS) is 15.4. The lowest BCUT2D eigenvalue weighted by molar-refractivity contribution is -0.137. The van der Waals surface area contributed by atoms with Gasteiger partial charge in [-0.05, 0) is 42.3 Å². The summed E-state index contributed by atoms with van der Waals surface area (Å²) in [5, 5.41) is 14.0. The van der Waals surface area contributed by atoms with Gasteiger partial charge in [0.1, 0.15) is 5.75 Å². The van der Waals surface area contributed by atoms with Gasteiger partial charge in [-0.3, -0.25) is 9.59 Å². The van der Waals surface area contributed by atoms with Gasteiger partial charge in [0.05, 0.1) is 6.42 Å². The predicted octanol–water partition coefficient (Wildman–Crippen LogP) is 3.72. The van der Waals surface area contributed by atoms with E-state index in [1.165, 1.54) is 11.3 Å². The van der Waals surface area contributed by atoms with Crippen molar-refractivity contribution in [2.45, 2.75) is 31.6 Å². The van der Waals surface area contributed by atoms with E-state index in [0.29, 0.717) is 25.4 Å². The van der Waals surface area contributed by atoms with Crippen LogP contribution in [0, 0.1) is 5.92 Å². The number of carbonyl (C=O) groups is 3. The molecule has 2 amide bonds. The maximum Gasteiger partial charge on any atom is 0.415 e. The zero-order chi connectivity index (χ0) is 21.3. The first kappa shape index (κ1) is 21.8. The molecule has 2 aromatic rings.